The van der Waals surface area contributed by atoms with Crippen LogP contribution < -0.4 is 4.90 Å². The van der Waals surface area contributed by atoms with Gasteiger partial charge < -0.3 is 24.7 Å². The lowest BCUT2D eigenvalue weighted by Gasteiger charge is -2.40. The Bertz CT molecular complexity index is 1060. The van der Waals surface area contributed by atoms with Crippen molar-refractivity contribution in [3.63, 3.8) is 0 Å². The van der Waals surface area contributed by atoms with Crippen molar-refractivity contribution in [1.29, 1.82) is 0 Å². The molecular formula is C27H35BrN2O6. The van der Waals surface area contributed by atoms with Gasteiger partial charge in [0, 0.05) is 17.1 Å². The van der Waals surface area contributed by atoms with Gasteiger partial charge in [0.05, 0.1) is 30.6 Å². The van der Waals surface area contributed by atoms with Crippen LogP contribution in [0.15, 0.2) is 30.9 Å². The third-order valence-corrected chi connectivity index (χ3v) is 8.73. The van der Waals surface area contributed by atoms with Crippen molar-refractivity contribution in [2.24, 2.45) is 17.8 Å². The highest BCUT2D eigenvalue weighted by Gasteiger charge is 2.77. The summed E-state index contributed by atoms with van der Waals surface area (Å²) in [4.78, 5) is 43.7. The summed E-state index contributed by atoms with van der Waals surface area (Å²) in [6, 6.07) is 4.06. The lowest BCUT2D eigenvalue weighted by molar-refractivity contribution is -0.151. The number of aryl methyl sites for hydroxylation is 2. The summed E-state index contributed by atoms with van der Waals surface area (Å²) in [5.41, 5.74) is 1.23. The standard InChI is InChI=1S/C27H35BrN2O6/c1-6-10-29(21-15(4)8-7-9-16(21)5)25(33)23-27-12-18(28)22(36-27)19(26(34)35)20(27)24(32)30(23)17(13-31)11-14(2)3/h6-9,14,17-20,22-23,31H,1,10-13H2,2-5H3,(H,34,35)/t17-,18?,19+,20+,22+,23?,27?/m1/s1. The van der Waals surface area contributed by atoms with Crippen molar-refractivity contribution < 1.29 is 29.3 Å². The second-order valence-corrected chi connectivity index (χ2v) is 11.9. The summed E-state index contributed by atoms with van der Waals surface area (Å²) in [6.45, 7) is 11.5. The topological polar surface area (TPSA) is 107 Å². The molecule has 1 spiro atoms. The molecule has 0 aromatic heterocycles. The number of nitrogens with zero attached hydrogens (tertiary/aromatic N) is 2. The van der Waals surface area contributed by atoms with E-state index in [2.05, 4.69) is 22.5 Å². The lowest BCUT2D eigenvalue weighted by atomic mass is 9.70. The van der Waals surface area contributed by atoms with E-state index in [1.807, 2.05) is 45.9 Å². The van der Waals surface area contributed by atoms with E-state index >= 15 is 0 Å². The number of hydrogen-bond donors (Lipinski definition) is 2. The number of carbonyl (C=O) groups excluding carboxylic acids is 2. The van der Waals surface area contributed by atoms with Crippen molar-refractivity contribution in [2.45, 2.75) is 69.2 Å². The number of carbonyl (C=O) groups is 3. The molecule has 3 fully saturated rings. The first-order valence-electron chi connectivity index (χ1n) is 12.5. The fourth-order valence-electron chi connectivity index (χ4n) is 6.64. The Morgan fingerprint density at radius 1 is 1.33 bits per heavy atom. The molecule has 0 saturated carbocycles. The third-order valence-electron chi connectivity index (χ3n) is 7.88. The summed E-state index contributed by atoms with van der Waals surface area (Å²) in [5, 5.41) is 20.4. The predicted octanol–water partition coefficient (Wildman–Crippen LogP) is 3.06. The SMILES string of the molecule is C=CCN(C(=O)C1N([C@@H](CO)CC(C)C)C(=O)[C@@H]2[C@H](C(=O)O)[C@H]3OC12CC3Br)c1c(C)cccc1C. The van der Waals surface area contributed by atoms with Crippen molar-refractivity contribution in [2.75, 3.05) is 18.1 Å². The average Bonchev–Trinajstić information content (AvgIpc) is 3.39. The van der Waals surface area contributed by atoms with Gasteiger partial charge in [-0.3, -0.25) is 14.4 Å². The van der Waals surface area contributed by atoms with Crippen LogP contribution in [0.1, 0.15) is 37.8 Å². The van der Waals surface area contributed by atoms with Crippen LogP contribution >= 0.6 is 15.9 Å². The predicted molar refractivity (Wildman–Crippen MR) is 139 cm³/mol. The number of para-hydroxylation sites is 1. The molecule has 36 heavy (non-hydrogen) atoms. The van der Waals surface area contributed by atoms with Crippen molar-refractivity contribution in [1.82, 2.24) is 4.90 Å². The molecule has 3 aliphatic rings. The Balaban J connectivity index is 1.89. The van der Waals surface area contributed by atoms with Gasteiger partial charge in [0.1, 0.15) is 11.6 Å². The smallest absolute Gasteiger partial charge is 0.310 e. The second kappa shape index (κ2) is 9.91. The number of aliphatic hydroxyl groups excluding tert-OH is 1. The summed E-state index contributed by atoms with van der Waals surface area (Å²) in [7, 11) is 0. The van der Waals surface area contributed by atoms with Crippen LogP contribution in [-0.4, -0.2) is 74.7 Å². The number of aliphatic hydroxyl groups is 1. The fourth-order valence-corrected chi connectivity index (χ4v) is 7.58. The van der Waals surface area contributed by atoms with E-state index in [4.69, 9.17) is 4.74 Å². The molecule has 3 heterocycles. The van der Waals surface area contributed by atoms with Crippen molar-refractivity contribution in [3.05, 3.63) is 42.0 Å². The fraction of sp³-hybridized carbons (Fsp3) is 0.593. The first-order chi connectivity index (χ1) is 17.0. The highest BCUT2D eigenvalue weighted by molar-refractivity contribution is 9.09. The van der Waals surface area contributed by atoms with Gasteiger partial charge in [-0.1, -0.05) is 54.1 Å². The van der Waals surface area contributed by atoms with E-state index in [1.54, 1.807) is 11.0 Å². The van der Waals surface area contributed by atoms with Gasteiger partial charge in [-0.2, -0.15) is 0 Å². The van der Waals surface area contributed by atoms with Crippen LogP contribution in [0.3, 0.4) is 0 Å². The molecule has 2 amide bonds. The summed E-state index contributed by atoms with van der Waals surface area (Å²) in [5.74, 6) is -3.81. The molecule has 0 radical (unpaired) electrons. The number of benzene rings is 1. The molecule has 3 saturated heterocycles. The first kappa shape index (κ1) is 26.8. The number of carboxylic acid groups (broad SMARTS) is 1. The van der Waals surface area contributed by atoms with Gasteiger partial charge in [-0.25, -0.2) is 0 Å². The maximum absolute atomic E-state index is 14.6. The molecule has 2 N–H and O–H groups in total. The van der Waals surface area contributed by atoms with Crippen LogP contribution in [0.2, 0.25) is 0 Å². The molecule has 3 aliphatic heterocycles. The summed E-state index contributed by atoms with van der Waals surface area (Å²) in [6.07, 6.45) is 1.73. The monoisotopic (exact) mass is 562 g/mol. The zero-order chi connectivity index (χ0) is 26.5. The van der Waals surface area contributed by atoms with E-state index in [1.165, 1.54) is 4.90 Å². The number of rotatable bonds is 9. The highest BCUT2D eigenvalue weighted by Crippen LogP contribution is 2.60. The van der Waals surface area contributed by atoms with Gasteiger partial charge in [0.25, 0.3) is 5.91 Å². The quantitative estimate of drug-likeness (QED) is 0.354. The Morgan fingerprint density at radius 2 is 1.97 bits per heavy atom. The molecular weight excluding hydrogens is 528 g/mol. The van der Waals surface area contributed by atoms with Crippen molar-refractivity contribution >= 4 is 39.4 Å². The van der Waals surface area contributed by atoms with E-state index in [0.29, 0.717) is 12.8 Å². The number of halogens is 1. The van der Waals surface area contributed by atoms with Crippen LogP contribution in [-0.2, 0) is 19.1 Å². The van der Waals surface area contributed by atoms with Gasteiger partial charge in [-0.05, 0) is 43.7 Å². The zero-order valence-corrected chi connectivity index (χ0v) is 22.8. The Kier molecular flexibility index (Phi) is 7.38. The number of fused-ring (bicyclic) bond motifs is 1. The highest BCUT2D eigenvalue weighted by atomic mass is 79.9. The Labute approximate surface area is 220 Å². The molecule has 1 aromatic rings. The van der Waals surface area contributed by atoms with Gasteiger partial charge in [-0.15, -0.1) is 6.58 Å². The number of anilines is 1. The van der Waals surface area contributed by atoms with Crippen LogP contribution in [0.5, 0.6) is 0 Å². The first-order valence-corrected chi connectivity index (χ1v) is 13.4. The number of likely N-dealkylation sites (tertiary alicyclic amines) is 1. The normalized spacial score (nSPS) is 31.6. The van der Waals surface area contributed by atoms with E-state index < -0.39 is 47.5 Å². The van der Waals surface area contributed by atoms with Crippen molar-refractivity contribution in [3.8, 4) is 0 Å². The zero-order valence-electron chi connectivity index (χ0n) is 21.2. The number of ether oxygens (including phenoxy) is 1. The second-order valence-electron chi connectivity index (χ2n) is 10.7. The molecule has 7 atom stereocenters. The minimum atomic E-state index is -1.30. The maximum Gasteiger partial charge on any atom is 0.310 e. The van der Waals surface area contributed by atoms with E-state index in [9.17, 15) is 24.6 Å². The number of carboxylic acids is 1. The molecule has 4 rings (SSSR count). The largest absolute Gasteiger partial charge is 0.481 e. The number of aliphatic carboxylic acids is 1. The molecule has 1 aromatic carbocycles. The van der Waals surface area contributed by atoms with Crippen LogP contribution in [0.4, 0.5) is 5.69 Å². The summed E-state index contributed by atoms with van der Waals surface area (Å²) < 4.78 is 6.38. The molecule has 196 valence electrons. The number of alkyl halides is 1. The third kappa shape index (κ3) is 4.00. The molecule has 8 nitrogen and oxygen atoms in total. The molecule has 9 heteroatoms. The van der Waals surface area contributed by atoms with Gasteiger partial charge in [0.15, 0.2) is 0 Å². The van der Waals surface area contributed by atoms with Crippen LogP contribution in [0.25, 0.3) is 0 Å². The Morgan fingerprint density at radius 3 is 2.50 bits per heavy atom. The average molecular weight is 563 g/mol. The minimum Gasteiger partial charge on any atom is -0.481 e. The van der Waals surface area contributed by atoms with Crippen LogP contribution in [0, 0.1) is 31.6 Å². The van der Waals surface area contributed by atoms with E-state index in [0.717, 1.165) is 16.8 Å². The maximum atomic E-state index is 14.6. The Hall–Kier alpha value is -2.23. The molecule has 3 unspecified atom stereocenters. The van der Waals surface area contributed by atoms with Gasteiger partial charge in [0.2, 0.25) is 5.91 Å². The van der Waals surface area contributed by atoms with Gasteiger partial charge >= 0.3 is 5.97 Å². The molecule has 0 aliphatic carbocycles. The minimum absolute atomic E-state index is 0.142. The molecule has 2 bridgehead atoms. The lowest BCUT2D eigenvalue weighted by Crippen LogP contribution is -2.59. The number of hydrogen-bond acceptors (Lipinski definition) is 5. The number of amides is 2. The van der Waals surface area contributed by atoms with E-state index in [-0.39, 0.29) is 29.8 Å². The summed E-state index contributed by atoms with van der Waals surface area (Å²) >= 11 is 3.57.